The van der Waals surface area contributed by atoms with Gasteiger partial charge in [-0.05, 0) is 61.1 Å². The summed E-state index contributed by atoms with van der Waals surface area (Å²) in [6, 6.07) is 7.54. The Morgan fingerprint density at radius 3 is 2.76 bits per heavy atom. The molecule has 1 aliphatic carbocycles. The van der Waals surface area contributed by atoms with Gasteiger partial charge in [0.15, 0.2) is 0 Å². The lowest BCUT2D eigenvalue weighted by atomic mass is 9.87. The van der Waals surface area contributed by atoms with Crippen LogP contribution < -0.4 is 5.32 Å². The first kappa shape index (κ1) is 13.9. The smallest absolute Gasteiger partial charge is 0.146 e. The lowest BCUT2D eigenvalue weighted by Crippen LogP contribution is -2.18. The summed E-state index contributed by atoms with van der Waals surface area (Å²) in [5.41, 5.74) is 2.56. The predicted octanol–water partition coefficient (Wildman–Crippen LogP) is 4.47. The normalized spacial score (nSPS) is 17.4. The Kier molecular flexibility index (Phi) is 3.53. The highest BCUT2D eigenvalue weighted by atomic mass is 19.1. The fourth-order valence-corrected chi connectivity index (χ4v) is 2.88. The van der Waals surface area contributed by atoms with Crippen LogP contribution in [0.15, 0.2) is 30.3 Å². The molecule has 3 rings (SSSR count). The van der Waals surface area contributed by atoms with Gasteiger partial charge < -0.3 is 10.4 Å². The molecule has 2 nitrogen and oxygen atoms in total. The highest BCUT2D eigenvalue weighted by molar-refractivity contribution is 5.51. The molecule has 0 spiro atoms. The van der Waals surface area contributed by atoms with Crippen LogP contribution in [0.5, 0.6) is 5.75 Å². The number of hydrogen-bond donors (Lipinski definition) is 2. The topological polar surface area (TPSA) is 32.3 Å². The maximum absolute atomic E-state index is 14.0. The number of anilines is 1. The van der Waals surface area contributed by atoms with Crippen molar-refractivity contribution in [2.45, 2.75) is 32.2 Å². The van der Waals surface area contributed by atoms with Crippen LogP contribution in [0, 0.1) is 18.6 Å². The number of phenols is 1. The van der Waals surface area contributed by atoms with Crippen LogP contribution in [-0.2, 0) is 6.42 Å². The van der Waals surface area contributed by atoms with Gasteiger partial charge in [0.2, 0.25) is 0 Å². The molecule has 0 saturated heterocycles. The van der Waals surface area contributed by atoms with Gasteiger partial charge >= 0.3 is 0 Å². The molecule has 1 aliphatic rings. The Balaban J connectivity index is 1.93. The van der Waals surface area contributed by atoms with Crippen LogP contribution >= 0.6 is 0 Å². The molecule has 2 aromatic carbocycles. The average molecular weight is 289 g/mol. The number of benzene rings is 2. The van der Waals surface area contributed by atoms with Gasteiger partial charge in [0.1, 0.15) is 17.4 Å². The molecule has 0 bridgehead atoms. The maximum Gasteiger partial charge on any atom is 0.146 e. The lowest BCUT2D eigenvalue weighted by Gasteiger charge is -2.27. The number of fused-ring (bicyclic) bond motifs is 1. The first-order valence-electron chi connectivity index (χ1n) is 7.08. The van der Waals surface area contributed by atoms with E-state index < -0.39 is 11.6 Å². The van der Waals surface area contributed by atoms with Gasteiger partial charge in [-0.15, -0.1) is 0 Å². The van der Waals surface area contributed by atoms with Crippen molar-refractivity contribution in [2.24, 2.45) is 0 Å². The first-order chi connectivity index (χ1) is 10.0. The molecule has 1 atom stereocenters. The number of hydrogen-bond acceptors (Lipinski definition) is 2. The second kappa shape index (κ2) is 5.35. The molecule has 21 heavy (non-hydrogen) atoms. The fourth-order valence-electron chi connectivity index (χ4n) is 2.88. The molecule has 2 N–H and O–H groups in total. The van der Waals surface area contributed by atoms with Crippen molar-refractivity contribution in [3.05, 3.63) is 58.7 Å². The van der Waals surface area contributed by atoms with Gasteiger partial charge in [0.05, 0.1) is 11.7 Å². The average Bonchev–Trinajstić information content (AvgIpc) is 2.45. The van der Waals surface area contributed by atoms with E-state index >= 15 is 0 Å². The summed E-state index contributed by atoms with van der Waals surface area (Å²) in [4.78, 5) is 0. The highest BCUT2D eigenvalue weighted by Crippen LogP contribution is 2.35. The molecule has 0 aromatic heterocycles. The molecular formula is C17H17F2NO. The Labute approximate surface area is 122 Å². The maximum atomic E-state index is 14.0. The molecule has 110 valence electrons. The van der Waals surface area contributed by atoms with E-state index in [1.54, 1.807) is 12.1 Å². The Morgan fingerprint density at radius 1 is 1.14 bits per heavy atom. The van der Waals surface area contributed by atoms with E-state index in [0.717, 1.165) is 30.4 Å². The van der Waals surface area contributed by atoms with Crippen LogP contribution in [0.3, 0.4) is 0 Å². The summed E-state index contributed by atoms with van der Waals surface area (Å²) in [6.07, 6.45) is 2.75. The summed E-state index contributed by atoms with van der Waals surface area (Å²) < 4.78 is 27.6. The van der Waals surface area contributed by atoms with Crippen molar-refractivity contribution in [1.82, 2.24) is 0 Å². The van der Waals surface area contributed by atoms with Crippen LogP contribution in [0.25, 0.3) is 0 Å². The van der Waals surface area contributed by atoms with Gasteiger partial charge in [-0.1, -0.05) is 6.07 Å². The van der Waals surface area contributed by atoms with E-state index in [0.29, 0.717) is 5.56 Å². The number of nitrogens with one attached hydrogen (secondary N) is 1. The monoisotopic (exact) mass is 289 g/mol. The van der Waals surface area contributed by atoms with Crippen molar-refractivity contribution in [2.75, 3.05) is 5.32 Å². The second-order valence-electron chi connectivity index (χ2n) is 5.55. The van der Waals surface area contributed by atoms with Crippen molar-refractivity contribution >= 4 is 5.69 Å². The third-order valence-corrected chi connectivity index (χ3v) is 4.02. The number of aryl methyl sites for hydroxylation is 2. The van der Waals surface area contributed by atoms with E-state index in [9.17, 15) is 13.9 Å². The van der Waals surface area contributed by atoms with E-state index in [-0.39, 0.29) is 17.5 Å². The number of rotatable bonds is 2. The zero-order valence-corrected chi connectivity index (χ0v) is 11.8. The molecule has 0 amide bonds. The predicted molar refractivity (Wildman–Crippen MR) is 78.5 cm³/mol. The van der Waals surface area contributed by atoms with E-state index in [1.165, 1.54) is 19.1 Å². The largest absolute Gasteiger partial charge is 0.508 e. The minimum Gasteiger partial charge on any atom is -0.508 e. The minimum atomic E-state index is -0.457. The first-order valence-corrected chi connectivity index (χ1v) is 7.08. The summed E-state index contributed by atoms with van der Waals surface area (Å²) in [6.45, 7) is 1.54. The number of aromatic hydroxyl groups is 1. The van der Waals surface area contributed by atoms with Gasteiger partial charge in [-0.25, -0.2) is 8.78 Å². The minimum absolute atomic E-state index is 0.113. The Hall–Kier alpha value is -2.10. The summed E-state index contributed by atoms with van der Waals surface area (Å²) in [5, 5.41) is 12.7. The zero-order valence-electron chi connectivity index (χ0n) is 11.8. The Bertz CT molecular complexity index is 685. The van der Waals surface area contributed by atoms with E-state index in [4.69, 9.17) is 0 Å². The summed E-state index contributed by atoms with van der Waals surface area (Å²) in [7, 11) is 0. The van der Waals surface area contributed by atoms with Crippen molar-refractivity contribution in [3.8, 4) is 5.75 Å². The van der Waals surface area contributed by atoms with Gasteiger partial charge in [-0.2, -0.15) is 0 Å². The molecule has 1 unspecified atom stereocenters. The fraction of sp³-hybridized carbons (Fsp3) is 0.294. The molecule has 0 saturated carbocycles. The summed E-state index contributed by atoms with van der Waals surface area (Å²) >= 11 is 0. The molecule has 0 heterocycles. The highest BCUT2D eigenvalue weighted by Gasteiger charge is 2.22. The van der Waals surface area contributed by atoms with Crippen molar-refractivity contribution in [1.29, 1.82) is 0 Å². The standard InChI is InChI=1S/C17H17F2NO/c1-10-7-15(19)17(9-14(10)18)20-16-4-2-3-11-5-6-12(21)8-13(11)16/h5-9,16,20-21H,2-4H2,1H3. The van der Waals surface area contributed by atoms with Crippen LogP contribution in [-0.4, -0.2) is 5.11 Å². The van der Waals surface area contributed by atoms with Gasteiger partial charge in [0.25, 0.3) is 0 Å². The molecule has 0 radical (unpaired) electrons. The second-order valence-corrected chi connectivity index (χ2v) is 5.55. The van der Waals surface area contributed by atoms with Gasteiger partial charge in [0, 0.05) is 6.07 Å². The molecular weight excluding hydrogens is 272 g/mol. The quantitative estimate of drug-likeness (QED) is 0.855. The zero-order chi connectivity index (χ0) is 15.0. The van der Waals surface area contributed by atoms with Gasteiger partial charge in [-0.3, -0.25) is 0 Å². The molecule has 0 aliphatic heterocycles. The Morgan fingerprint density at radius 2 is 1.95 bits per heavy atom. The third kappa shape index (κ3) is 2.71. The van der Waals surface area contributed by atoms with E-state index in [1.807, 2.05) is 6.07 Å². The van der Waals surface area contributed by atoms with Crippen LogP contribution in [0.2, 0.25) is 0 Å². The number of phenolic OH excluding ortho intramolecular Hbond substituents is 1. The molecule has 0 fully saturated rings. The SMILES string of the molecule is Cc1cc(F)c(NC2CCCc3ccc(O)cc32)cc1F. The lowest BCUT2D eigenvalue weighted by molar-refractivity contribution is 0.471. The van der Waals surface area contributed by atoms with Crippen molar-refractivity contribution in [3.63, 3.8) is 0 Å². The van der Waals surface area contributed by atoms with Crippen molar-refractivity contribution < 1.29 is 13.9 Å². The van der Waals surface area contributed by atoms with Crippen LogP contribution in [0.4, 0.5) is 14.5 Å². The molecule has 4 heteroatoms. The van der Waals surface area contributed by atoms with E-state index in [2.05, 4.69) is 5.32 Å². The third-order valence-electron chi connectivity index (χ3n) is 4.02. The number of halogens is 2. The molecule has 2 aromatic rings. The summed E-state index contributed by atoms with van der Waals surface area (Å²) in [5.74, 6) is -0.690. The van der Waals surface area contributed by atoms with Crippen LogP contribution in [0.1, 0.15) is 35.6 Å².